The van der Waals surface area contributed by atoms with Crippen molar-refractivity contribution in [2.45, 2.75) is 37.8 Å². The average molecular weight is 301 g/mol. The highest BCUT2D eigenvalue weighted by Gasteiger charge is 2.34. The molecule has 2 atom stereocenters. The first kappa shape index (κ1) is 13.8. The Bertz CT molecular complexity index is 725. The molecular formula is C17H20FN3O. The van der Waals surface area contributed by atoms with E-state index in [9.17, 15) is 4.39 Å². The second-order valence-corrected chi connectivity index (χ2v) is 6.27. The van der Waals surface area contributed by atoms with Crippen LogP contribution in [-0.2, 0) is 13.5 Å². The number of fused-ring (bicyclic) bond motifs is 4. The van der Waals surface area contributed by atoms with Crippen LogP contribution in [0.3, 0.4) is 0 Å². The molecule has 3 heterocycles. The number of nitrogens with zero attached hydrogens (tertiary/aromatic N) is 2. The lowest BCUT2D eigenvalue weighted by Crippen LogP contribution is -2.42. The van der Waals surface area contributed by atoms with Crippen LogP contribution < -0.4 is 10.1 Å². The molecule has 5 heteroatoms. The molecule has 22 heavy (non-hydrogen) atoms. The maximum Gasteiger partial charge on any atom is 0.127 e. The Labute approximate surface area is 129 Å². The molecule has 116 valence electrons. The SMILES string of the molecule is COc1cc(F)cc(-c2c3c(nn2C)[C@@H]2CCC[C@H](C3)N2)c1. The van der Waals surface area contributed by atoms with Crippen molar-refractivity contribution in [3.05, 3.63) is 35.3 Å². The molecular weight excluding hydrogens is 281 g/mol. The second-order valence-electron chi connectivity index (χ2n) is 6.27. The summed E-state index contributed by atoms with van der Waals surface area (Å²) >= 11 is 0. The standard InChI is InChI=1S/C17H20FN3O/c1-21-17(10-6-11(18)8-13(7-10)22-2)14-9-12-4-3-5-15(19-12)16(14)20-21/h6-8,12,15,19H,3-5,9H2,1-2H3/t12-,15+/m1/s1. The Kier molecular flexibility index (Phi) is 3.18. The number of hydrogen-bond donors (Lipinski definition) is 1. The molecule has 2 aliphatic heterocycles. The van der Waals surface area contributed by atoms with Gasteiger partial charge in [-0.3, -0.25) is 4.68 Å². The third-order valence-electron chi connectivity index (χ3n) is 4.82. The van der Waals surface area contributed by atoms with Gasteiger partial charge in [0.1, 0.15) is 11.6 Å². The van der Waals surface area contributed by atoms with Crippen LogP contribution in [-0.4, -0.2) is 22.9 Å². The van der Waals surface area contributed by atoms with Crippen LogP contribution in [0.2, 0.25) is 0 Å². The fourth-order valence-electron chi connectivity index (χ4n) is 3.89. The van der Waals surface area contributed by atoms with Gasteiger partial charge < -0.3 is 10.1 Å². The third-order valence-corrected chi connectivity index (χ3v) is 4.82. The Hall–Kier alpha value is -1.88. The highest BCUT2D eigenvalue weighted by Crippen LogP contribution is 2.39. The quantitative estimate of drug-likeness (QED) is 0.927. The van der Waals surface area contributed by atoms with Crippen molar-refractivity contribution in [3.63, 3.8) is 0 Å². The van der Waals surface area contributed by atoms with Crippen molar-refractivity contribution in [2.75, 3.05) is 7.11 Å². The lowest BCUT2D eigenvalue weighted by molar-refractivity contribution is 0.297. The van der Waals surface area contributed by atoms with Gasteiger partial charge in [-0.1, -0.05) is 0 Å². The number of halogens is 1. The maximum absolute atomic E-state index is 13.9. The van der Waals surface area contributed by atoms with E-state index in [4.69, 9.17) is 9.84 Å². The molecule has 0 aliphatic carbocycles. The molecule has 0 spiro atoms. The van der Waals surface area contributed by atoms with Gasteiger partial charge in [0.15, 0.2) is 0 Å². The summed E-state index contributed by atoms with van der Waals surface area (Å²) in [5.74, 6) is 0.262. The van der Waals surface area contributed by atoms with E-state index >= 15 is 0 Å². The molecule has 1 aromatic carbocycles. The summed E-state index contributed by atoms with van der Waals surface area (Å²) in [4.78, 5) is 0. The zero-order chi connectivity index (χ0) is 15.3. The zero-order valence-corrected chi connectivity index (χ0v) is 12.9. The van der Waals surface area contributed by atoms with E-state index in [1.54, 1.807) is 13.2 Å². The summed E-state index contributed by atoms with van der Waals surface area (Å²) in [6.07, 6.45) is 4.55. The average Bonchev–Trinajstić information content (AvgIpc) is 2.83. The predicted molar refractivity (Wildman–Crippen MR) is 82.4 cm³/mol. The van der Waals surface area contributed by atoms with Crippen LogP contribution >= 0.6 is 0 Å². The van der Waals surface area contributed by atoms with Gasteiger partial charge in [-0.15, -0.1) is 0 Å². The largest absolute Gasteiger partial charge is 0.497 e. The Morgan fingerprint density at radius 3 is 3.00 bits per heavy atom. The van der Waals surface area contributed by atoms with Gasteiger partial charge in [-0.05, 0) is 37.8 Å². The molecule has 4 rings (SSSR count). The van der Waals surface area contributed by atoms with Crippen molar-refractivity contribution in [3.8, 4) is 17.0 Å². The molecule has 1 fully saturated rings. The number of piperidine rings is 1. The summed E-state index contributed by atoms with van der Waals surface area (Å²) < 4.78 is 21.0. The number of aromatic nitrogens is 2. The van der Waals surface area contributed by atoms with Gasteiger partial charge in [0.25, 0.3) is 0 Å². The monoisotopic (exact) mass is 301 g/mol. The molecule has 1 saturated heterocycles. The normalized spacial score (nSPS) is 23.2. The number of nitrogens with one attached hydrogen (secondary N) is 1. The zero-order valence-electron chi connectivity index (χ0n) is 12.9. The van der Waals surface area contributed by atoms with Crippen molar-refractivity contribution in [2.24, 2.45) is 7.05 Å². The van der Waals surface area contributed by atoms with E-state index in [0.717, 1.165) is 29.8 Å². The highest BCUT2D eigenvalue weighted by molar-refractivity contribution is 5.67. The van der Waals surface area contributed by atoms with Crippen molar-refractivity contribution >= 4 is 0 Å². The minimum absolute atomic E-state index is 0.279. The van der Waals surface area contributed by atoms with Crippen LogP contribution in [0, 0.1) is 5.82 Å². The van der Waals surface area contributed by atoms with E-state index in [1.807, 2.05) is 17.8 Å². The number of hydrogen-bond acceptors (Lipinski definition) is 3. The fourth-order valence-corrected chi connectivity index (χ4v) is 3.89. The molecule has 2 aromatic rings. The molecule has 1 aromatic heterocycles. The lowest BCUT2D eigenvalue weighted by Gasteiger charge is -2.35. The topological polar surface area (TPSA) is 39.1 Å². The summed E-state index contributed by atoms with van der Waals surface area (Å²) in [7, 11) is 3.50. The van der Waals surface area contributed by atoms with E-state index in [1.165, 1.54) is 24.5 Å². The third kappa shape index (κ3) is 2.11. The minimum atomic E-state index is -0.279. The Balaban J connectivity index is 1.86. The van der Waals surface area contributed by atoms with Crippen molar-refractivity contribution in [1.29, 1.82) is 0 Å². The van der Waals surface area contributed by atoms with Gasteiger partial charge in [0.2, 0.25) is 0 Å². The van der Waals surface area contributed by atoms with Crippen LogP contribution in [0.5, 0.6) is 5.75 Å². The Morgan fingerprint density at radius 2 is 2.18 bits per heavy atom. The first-order valence-electron chi connectivity index (χ1n) is 7.82. The van der Waals surface area contributed by atoms with Gasteiger partial charge in [-0.2, -0.15) is 5.10 Å². The molecule has 2 aliphatic rings. The molecule has 4 nitrogen and oxygen atoms in total. The number of methoxy groups -OCH3 is 1. The minimum Gasteiger partial charge on any atom is -0.497 e. The summed E-state index contributed by atoms with van der Waals surface area (Å²) in [6, 6.07) is 5.72. The summed E-state index contributed by atoms with van der Waals surface area (Å²) in [5, 5.41) is 8.38. The number of rotatable bonds is 2. The molecule has 0 radical (unpaired) electrons. The first-order chi connectivity index (χ1) is 10.7. The number of benzene rings is 1. The smallest absolute Gasteiger partial charge is 0.127 e. The van der Waals surface area contributed by atoms with Gasteiger partial charge in [0, 0.05) is 30.3 Å². The van der Waals surface area contributed by atoms with Crippen LogP contribution in [0.15, 0.2) is 18.2 Å². The fraction of sp³-hybridized carbons (Fsp3) is 0.471. The van der Waals surface area contributed by atoms with Crippen molar-refractivity contribution in [1.82, 2.24) is 15.1 Å². The van der Waals surface area contributed by atoms with E-state index < -0.39 is 0 Å². The van der Waals surface area contributed by atoms with E-state index in [0.29, 0.717) is 17.8 Å². The molecule has 0 saturated carbocycles. The first-order valence-corrected chi connectivity index (χ1v) is 7.82. The van der Waals surface area contributed by atoms with Crippen LogP contribution in [0.1, 0.15) is 36.6 Å². The number of ether oxygens (including phenoxy) is 1. The molecule has 0 unspecified atom stereocenters. The highest BCUT2D eigenvalue weighted by atomic mass is 19.1. The molecule has 0 amide bonds. The van der Waals surface area contributed by atoms with E-state index in [-0.39, 0.29) is 5.82 Å². The summed E-state index contributed by atoms with van der Waals surface area (Å²) in [5.41, 5.74) is 4.26. The van der Waals surface area contributed by atoms with E-state index in [2.05, 4.69) is 5.32 Å². The lowest BCUT2D eigenvalue weighted by atomic mass is 9.84. The van der Waals surface area contributed by atoms with Gasteiger partial charge in [0.05, 0.1) is 24.5 Å². The maximum atomic E-state index is 13.9. The second kappa shape index (κ2) is 5.09. The van der Waals surface area contributed by atoms with Gasteiger partial charge >= 0.3 is 0 Å². The number of aryl methyl sites for hydroxylation is 1. The Morgan fingerprint density at radius 1 is 1.32 bits per heavy atom. The van der Waals surface area contributed by atoms with Crippen molar-refractivity contribution < 1.29 is 9.13 Å². The van der Waals surface area contributed by atoms with Gasteiger partial charge in [-0.25, -0.2) is 4.39 Å². The van der Waals surface area contributed by atoms with Crippen LogP contribution in [0.25, 0.3) is 11.3 Å². The van der Waals surface area contributed by atoms with Crippen LogP contribution in [0.4, 0.5) is 4.39 Å². The predicted octanol–water partition coefficient (Wildman–Crippen LogP) is 2.97. The molecule has 1 N–H and O–H groups in total. The summed E-state index contributed by atoms with van der Waals surface area (Å²) in [6.45, 7) is 0. The molecule has 2 bridgehead atoms.